The second-order valence-corrected chi connectivity index (χ2v) is 7.02. The standard InChI is InChI=1S/C22H28N2O3/c1-16(2)24(22(25)21-14-23-12-13-27-21)15-17-8-10-18(11-9-17)19-6-4-5-7-20(19)26-3/h4-11,16,21,23H,12-15H2,1-3H3. The first-order valence-electron chi connectivity index (χ1n) is 9.45. The topological polar surface area (TPSA) is 50.8 Å². The van der Waals surface area contributed by atoms with Crippen LogP contribution in [0.5, 0.6) is 5.75 Å². The Hall–Kier alpha value is -2.37. The number of hydrogen-bond acceptors (Lipinski definition) is 4. The molecule has 5 nitrogen and oxygen atoms in total. The maximum Gasteiger partial charge on any atom is 0.253 e. The number of amides is 1. The molecule has 0 aromatic heterocycles. The molecular formula is C22H28N2O3. The van der Waals surface area contributed by atoms with Gasteiger partial charge in [0.05, 0.1) is 13.7 Å². The molecule has 3 rings (SSSR count). The van der Waals surface area contributed by atoms with Gasteiger partial charge in [0.15, 0.2) is 0 Å². The average molecular weight is 368 g/mol. The normalized spacial score (nSPS) is 17.0. The summed E-state index contributed by atoms with van der Waals surface area (Å²) in [5.41, 5.74) is 3.25. The molecule has 1 N–H and O–H groups in total. The lowest BCUT2D eigenvalue weighted by Crippen LogP contribution is -2.50. The highest BCUT2D eigenvalue weighted by Gasteiger charge is 2.28. The van der Waals surface area contributed by atoms with E-state index in [2.05, 4.69) is 29.6 Å². The molecule has 2 aromatic rings. The molecule has 1 unspecified atom stereocenters. The number of nitrogens with one attached hydrogen (secondary N) is 1. The number of nitrogens with zero attached hydrogens (tertiary/aromatic N) is 1. The van der Waals surface area contributed by atoms with E-state index in [-0.39, 0.29) is 11.9 Å². The molecule has 1 amide bonds. The summed E-state index contributed by atoms with van der Waals surface area (Å²) in [6.45, 7) is 6.61. The molecule has 144 valence electrons. The first-order chi connectivity index (χ1) is 13.1. The highest BCUT2D eigenvalue weighted by Crippen LogP contribution is 2.29. The summed E-state index contributed by atoms with van der Waals surface area (Å²) < 4.78 is 11.1. The van der Waals surface area contributed by atoms with Crippen molar-refractivity contribution in [2.24, 2.45) is 0 Å². The Bertz CT molecular complexity index is 752. The van der Waals surface area contributed by atoms with Crippen LogP contribution in [-0.4, -0.2) is 49.8 Å². The van der Waals surface area contributed by atoms with Crippen molar-refractivity contribution in [2.75, 3.05) is 26.8 Å². The number of methoxy groups -OCH3 is 1. The summed E-state index contributed by atoms with van der Waals surface area (Å²) in [6.07, 6.45) is -0.394. The van der Waals surface area contributed by atoms with Gasteiger partial charge in [-0.2, -0.15) is 0 Å². The first kappa shape index (κ1) is 19.4. The van der Waals surface area contributed by atoms with Crippen molar-refractivity contribution in [3.05, 3.63) is 54.1 Å². The second kappa shape index (κ2) is 9.02. The molecule has 27 heavy (non-hydrogen) atoms. The van der Waals surface area contributed by atoms with Crippen LogP contribution in [0, 0.1) is 0 Å². The summed E-state index contributed by atoms with van der Waals surface area (Å²) in [5.74, 6) is 0.900. The van der Waals surface area contributed by atoms with E-state index in [9.17, 15) is 4.79 Å². The third-order valence-electron chi connectivity index (χ3n) is 4.83. The van der Waals surface area contributed by atoms with E-state index in [1.165, 1.54) is 0 Å². The fourth-order valence-corrected chi connectivity index (χ4v) is 3.29. The minimum Gasteiger partial charge on any atom is -0.496 e. The molecule has 1 heterocycles. The third-order valence-corrected chi connectivity index (χ3v) is 4.83. The van der Waals surface area contributed by atoms with Crippen LogP contribution in [0.25, 0.3) is 11.1 Å². The number of carbonyl (C=O) groups is 1. The Morgan fingerprint density at radius 1 is 1.22 bits per heavy atom. The quantitative estimate of drug-likeness (QED) is 0.851. The molecular weight excluding hydrogens is 340 g/mol. The van der Waals surface area contributed by atoms with Crippen LogP contribution in [0.1, 0.15) is 19.4 Å². The lowest BCUT2D eigenvalue weighted by molar-refractivity contribution is -0.147. The van der Waals surface area contributed by atoms with Crippen LogP contribution in [0.2, 0.25) is 0 Å². The van der Waals surface area contributed by atoms with Gasteiger partial charge in [-0.25, -0.2) is 0 Å². The number of para-hydroxylation sites is 1. The molecule has 0 spiro atoms. The first-order valence-corrected chi connectivity index (χ1v) is 9.45. The molecule has 2 aromatic carbocycles. The van der Waals surface area contributed by atoms with Crippen LogP contribution in [0.15, 0.2) is 48.5 Å². The third kappa shape index (κ3) is 4.67. The van der Waals surface area contributed by atoms with E-state index in [0.717, 1.165) is 29.0 Å². The van der Waals surface area contributed by atoms with Gasteiger partial charge in [0, 0.05) is 31.2 Å². The molecule has 0 radical (unpaired) electrons. The van der Waals surface area contributed by atoms with Gasteiger partial charge in [-0.3, -0.25) is 4.79 Å². The van der Waals surface area contributed by atoms with E-state index in [4.69, 9.17) is 9.47 Å². The van der Waals surface area contributed by atoms with E-state index in [0.29, 0.717) is 19.7 Å². The lowest BCUT2D eigenvalue weighted by atomic mass is 10.0. The van der Waals surface area contributed by atoms with Crippen molar-refractivity contribution >= 4 is 5.91 Å². The highest BCUT2D eigenvalue weighted by atomic mass is 16.5. The zero-order valence-electron chi connectivity index (χ0n) is 16.3. The molecule has 0 aliphatic carbocycles. The molecule has 1 aliphatic heterocycles. The van der Waals surface area contributed by atoms with E-state index in [1.54, 1.807) is 7.11 Å². The molecule has 1 aliphatic rings. The molecule has 0 saturated carbocycles. The number of hydrogen-bond donors (Lipinski definition) is 1. The van der Waals surface area contributed by atoms with Gasteiger partial charge in [-0.05, 0) is 31.0 Å². The fourth-order valence-electron chi connectivity index (χ4n) is 3.29. The van der Waals surface area contributed by atoms with Gasteiger partial charge < -0.3 is 19.7 Å². The number of benzene rings is 2. The van der Waals surface area contributed by atoms with Crippen molar-refractivity contribution < 1.29 is 14.3 Å². The summed E-state index contributed by atoms with van der Waals surface area (Å²) >= 11 is 0. The van der Waals surface area contributed by atoms with Crippen molar-refractivity contribution in [1.82, 2.24) is 10.2 Å². The number of morpholine rings is 1. The van der Waals surface area contributed by atoms with Crippen LogP contribution >= 0.6 is 0 Å². The Kier molecular flexibility index (Phi) is 6.48. The summed E-state index contributed by atoms with van der Waals surface area (Å²) in [6, 6.07) is 16.4. The maximum absolute atomic E-state index is 12.9. The van der Waals surface area contributed by atoms with Gasteiger partial charge in [0.1, 0.15) is 11.9 Å². The average Bonchev–Trinajstić information content (AvgIpc) is 2.72. The van der Waals surface area contributed by atoms with Gasteiger partial charge in [-0.1, -0.05) is 42.5 Å². The van der Waals surface area contributed by atoms with Gasteiger partial charge in [0.25, 0.3) is 5.91 Å². The van der Waals surface area contributed by atoms with E-state index < -0.39 is 6.10 Å². The number of carbonyl (C=O) groups excluding carboxylic acids is 1. The van der Waals surface area contributed by atoms with Gasteiger partial charge in [0.2, 0.25) is 0 Å². The Morgan fingerprint density at radius 2 is 1.96 bits per heavy atom. The van der Waals surface area contributed by atoms with Crippen molar-refractivity contribution in [3.8, 4) is 16.9 Å². The lowest BCUT2D eigenvalue weighted by Gasteiger charge is -2.32. The molecule has 1 saturated heterocycles. The number of ether oxygens (including phenoxy) is 2. The number of rotatable bonds is 6. The van der Waals surface area contributed by atoms with Gasteiger partial charge >= 0.3 is 0 Å². The molecule has 1 atom stereocenters. The largest absolute Gasteiger partial charge is 0.496 e. The Morgan fingerprint density at radius 3 is 2.59 bits per heavy atom. The predicted octanol–water partition coefficient (Wildman–Crippen LogP) is 3.09. The van der Waals surface area contributed by atoms with Crippen LogP contribution in [0.4, 0.5) is 0 Å². The van der Waals surface area contributed by atoms with Crippen LogP contribution < -0.4 is 10.1 Å². The van der Waals surface area contributed by atoms with Crippen molar-refractivity contribution in [2.45, 2.75) is 32.5 Å². The van der Waals surface area contributed by atoms with Crippen LogP contribution in [-0.2, 0) is 16.1 Å². The van der Waals surface area contributed by atoms with Gasteiger partial charge in [-0.15, -0.1) is 0 Å². The predicted molar refractivity (Wildman–Crippen MR) is 107 cm³/mol. The summed E-state index contributed by atoms with van der Waals surface area (Å²) in [4.78, 5) is 14.7. The van der Waals surface area contributed by atoms with E-state index in [1.807, 2.05) is 43.0 Å². The SMILES string of the molecule is COc1ccccc1-c1ccc(CN(C(=O)C2CNCCO2)C(C)C)cc1. The maximum atomic E-state index is 12.9. The zero-order chi connectivity index (χ0) is 19.2. The van der Waals surface area contributed by atoms with E-state index >= 15 is 0 Å². The molecule has 0 bridgehead atoms. The molecule has 1 fully saturated rings. The smallest absolute Gasteiger partial charge is 0.253 e. The fraction of sp³-hybridized carbons (Fsp3) is 0.409. The summed E-state index contributed by atoms with van der Waals surface area (Å²) in [7, 11) is 1.68. The minimum atomic E-state index is -0.394. The second-order valence-electron chi connectivity index (χ2n) is 7.02. The monoisotopic (exact) mass is 368 g/mol. The Labute approximate surface area is 161 Å². The van der Waals surface area contributed by atoms with Crippen molar-refractivity contribution in [1.29, 1.82) is 0 Å². The minimum absolute atomic E-state index is 0.0472. The van der Waals surface area contributed by atoms with Crippen LogP contribution in [0.3, 0.4) is 0 Å². The zero-order valence-corrected chi connectivity index (χ0v) is 16.3. The highest BCUT2D eigenvalue weighted by molar-refractivity contribution is 5.81. The molecule has 5 heteroatoms. The van der Waals surface area contributed by atoms with Crippen molar-refractivity contribution in [3.63, 3.8) is 0 Å². The Balaban J connectivity index is 1.74. The summed E-state index contributed by atoms with van der Waals surface area (Å²) in [5, 5.41) is 3.23.